The second kappa shape index (κ2) is 18.7. The fraction of sp³-hybridized carbons (Fsp3) is 0.655. The van der Waals surface area contributed by atoms with Gasteiger partial charge in [0.25, 0.3) is 0 Å². The molecule has 3 heteroatoms. The second-order valence-electron chi connectivity index (χ2n) is 9.25. The third kappa shape index (κ3) is 14.2. The molecule has 1 aromatic carbocycles. The topological polar surface area (TPSA) is 54.4 Å². The maximum Gasteiger partial charge on any atom is 0.331 e. The van der Waals surface area contributed by atoms with Crippen LogP contribution in [0, 0.1) is 0 Å². The number of carboxylic acids is 1. The van der Waals surface area contributed by atoms with Crippen molar-refractivity contribution in [3.05, 3.63) is 47.0 Å². The van der Waals surface area contributed by atoms with E-state index in [9.17, 15) is 9.59 Å². The Kier molecular flexibility index (Phi) is 16.4. The summed E-state index contributed by atoms with van der Waals surface area (Å²) >= 11 is 0. The standard InChI is InChI=1S/C29H46O3/c1-3-4-5-6-7-8-9-10-11-12-13-14-15-16-17-18-19-26-20-22-27(23-21-26)28(30)24-25(2)29(31)32/h20-24H,3-19H2,1-2H3,(H,31,32)/b25-24+. The Morgan fingerprint density at radius 1 is 0.688 bits per heavy atom. The average molecular weight is 443 g/mol. The minimum atomic E-state index is -1.06. The lowest BCUT2D eigenvalue weighted by Crippen LogP contribution is -2.02. The highest BCUT2D eigenvalue weighted by atomic mass is 16.4. The van der Waals surface area contributed by atoms with E-state index in [1.807, 2.05) is 12.1 Å². The van der Waals surface area contributed by atoms with E-state index < -0.39 is 5.97 Å². The number of hydrogen-bond acceptors (Lipinski definition) is 2. The van der Waals surface area contributed by atoms with E-state index in [0.717, 1.165) is 6.42 Å². The average Bonchev–Trinajstić information content (AvgIpc) is 2.79. The summed E-state index contributed by atoms with van der Waals surface area (Å²) in [6.07, 6.45) is 24.3. The van der Waals surface area contributed by atoms with Crippen molar-refractivity contribution in [3.8, 4) is 0 Å². The SMILES string of the molecule is CCCCCCCCCCCCCCCCCCc1ccc(C(=O)/C=C(\C)C(=O)O)cc1. The van der Waals surface area contributed by atoms with Crippen LogP contribution < -0.4 is 0 Å². The number of aryl methyl sites for hydroxylation is 1. The maximum atomic E-state index is 12.0. The number of carbonyl (C=O) groups is 2. The Morgan fingerprint density at radius 3 is 1.50 bits per heavy atom. The molecular formula is C29H46O3. The van der Waals surface area contributed by atoms with Crippen molar-refractivity contribution < 1.29 is 14.7 Å². The summed E-state index contributed by atoms with van der Waals surface area (Å²) in [5.41, 5.74) is 1.85. The van der Waals surface area contributed by atoms with Crippen LogP contribution in [0.1, 0.15) is 133 Å². The zero-order chi connectivity index (χ0) is 23.4. The van der Waals surface area contributed by atoms with E-state index in [1.54, 1.807) is 12.1 Å². The number of hydrogen-bond donors (Lipinski definition) is 1. The molecule has 0 heterocycles. The van der Waals surface area contributed by atoms with Crippen LogP contribution in [0.3, 0.4) is 0 Å². The molecule has 0 atom stereocenters. The maximum absolute atomic E-state index is 12.0. The molecule has 0 aliphatic carbocycles. The third-order valence-corrected chi connectivity index (χ3v) is 6.24. The molecule has 3 nitrogen and oxygen atoms in total. The number of unbranched alkanes of at least 4 members (excludes halogenated alkanes) is 15. The molecule has 1 N–H and O–H groups in total. The van der Waals surface area contributed by atoms with Gasteiger partial charge < -0.3 is 5.11 Å². The molecule has 0 amide bonds. The van der Waals surface area contributed by atoms with Gasteiger partial charge in [-0.2, -0.15) is 0 Å². The summed E-state index contributed by atoms with van der Waals surface area (Å²) in [5, 5.41) is 8.87. The summed E-state index contributed by atoms with van der Waals surface area (Å²) < 4.78 is 0. The molecule has 32 heavy (non-hydrogen) atoms. The number of allylic oxidation sites excluding steroid dienone is 1. The van der Waals surface area contributed by atoms with Crippen LogP contribution in [0.15, 0.2) is 35.9 Å². The zero-order valence-electron chi connectivity index (χ0n) is 20.7. The summed E-state index contributed by atoms with van der Waals surface area (Å²) in [6, 6.07) is 7.58. The van der Waals surface area contributed by atoms with Gasteiger partial charge in [-0.1, -0.05) is 128 Å². The molecule has 0 spiro atoms. The lowest BCUT2D eigenvalue weighted by atomic mass is 10.0. The van der Waals surface area contributed by atoms with Gasteiger partial charge in [0.1, 0.15) is 0 Å². The highest BCUT2D eigenvalue weighted by molar-refractivity contribution is 6.08. The van der Waals surface area contributed by atoms with E-state index in [2.05, 4.69) is 6.92 Å². The number of rotatable bonds is 20. The number of carbonyl (C=O) groups excluding carboxylic acids is 1. The molecule has 1 rings (SSSR count). The Labute approximate surface area is 196 Å². The fourth-order valence-corrected chi connectivity index (χ4v) is 4.05. The number of ketones is 1. The zero-order valence-corrected chi connectivity index (χ0v) is 20.7. The van der Waals surface area contributed by atoms with Gasteiger partial charge >= 0.3 is 5.97 Å². The molecule has 0 aliphatic heterocycles. The molecule has 0 fully saturated rings. The van der Waals surface area contributed by atoms with Gasteiger partial charge in [0.15, 0.2) is 5.78 Å². The Bertz CT molecular complexity index is 657. The quantitative estimate of drug-likeness (QED) is 0.125. The minimum Gasteiger partial charge on any atom is -0.478 e. The fourth-order valence-electron chi connectivity index (χ4n) is 4.05. The minimum absolute atomic E-state index is 0.0623. The Hall–Kier alpha value is -1.90. The lowest BCUT2D eigenvalue weighted by Gasteiger charge is -2.05. The first-order valence-electron chi connectivity index (χ1n) is 13.1. The highest BCUT2D eigenvalue weighted by Gasteiger charge is 2.07. The first-order valence-corrected chi connectivity index (χ1v) is 13.1. The van der Waals surface area contributed by atoms with E-state index >= 15 is 0 Å². The molecular weight excluding hydrogens is 396 g/mol. The molecule has 0 unspecified atom stereocenters. The van der Waals surface area contributed by atoms with E-state index in [0.29, 0.717) is 5.56 Å². The van der Waals surface area contributed by atoms with E-state index in [1.165, 1.54) is 121 Å². The monoisotopic (exact) mass is 442 g/mol. The van der Waals surface area contributed by atoms with Crippen LogP contribution in [0.5, 0.6) is 0 Å². The van der Waals surface area contributed by atoms with Gasteiger partial charge in [0.05, 0.1) is 0 Å². The first-order chi connectivity index (χ1) is 15.5. The second-order valence-corrected chi connectivity index (χ2v) is 9.25. The van der Waals surface area contributed by atoms with Gasteiger partial charge in [-0.25, -0.2) is 4.79 Å². The first kappa shape index (κ1) is 28.1. The van der Waals surface area contributed by atoms with Crippen LogP contribution in [-0.4, -0.2) is 16.9 Å². The van der Waals surface area contributed by atoms with E-state index in [-0.39, 0.29) is 11.4 Å². The highest BCUT2D eigenvalue weighted by Crippen LogP contribution is 2.15. The summed E-state index contributed by atoms with van der Waals surface area (Å²) in [6.45, 7) is 3.71. The van der Waals surface area contributed by atoms with Crippen molar-refractivity contribution in [2.45, 2.75) is 123 Å². The predicted octanol–water partition coefficient (Wildman–Crippen LogP) is 8.70. The molecule has 0 saturated carbocycles. The largest absolute Gasteiger partial charge is 0.478 e. The van der Waals surface area contributed by atoms with Gasteiger partial charge in [0, 0.05) is 11.1 Å². The molecule has 1 aromatic rings. The Morgan fingerprint density at radius 2 is 1.09 bits per heavy atom. The van der Waals surface area contributed by atoms with Crippen molar-refractivity contribution in [2.75, 3.05) is 0 Å². The van der Waals surface area contributed by atoms with Crippen molar-refractivity contribution in [1.29, 1.82) is 0 Å². The number of benzene rings is 1. The van der Waals surface area contributed by atoms with Crippen molar-refractivity contribution in [1.82, 2.24) is 0 Å². The lowest BCUT2D eigenvalue weighted by molar-refractivity contribution is -0.132. The molecule has 180 valence electrons. The third-order valence-electron chi connectivity index (χ3n) is 6.24. The molecule has 0 saturated heterocycles. The predicted molar refractivity (Wildman–Crippen MR) is 135 cm³/mol. The smallest absolute Gasteiger partial charge is 0.331 e. The van der Waals surface area contributed by atoms with Gasteiger partial charge in [-0.15, -0.1) is 0 Å². The Balaban J connectivity index is 1.98. The van der Waals surface area contributed by atoms with Crippen molar-refractivity contribution in [2.24, 2.45) is 0 Å². The van der Waals surface area contributed by atoms with E-state index in [4.69, 9.17) is 5.11 Å². The number of carboxylic acid groups (broad SMARTS) is 1. The summed E-state index contributed by atoms with van der Waals surface area (Å²) in [4.78, 5) is 22.9. The molecule has 0 aliphatic rings. The van der Waals surface area contributed by atoms with Gasteiger partial charge in [-0.3, -0.25) is 4.79 Å². The molecule has 0 radical (unpaired) electrons. The normalized spacial score (nSPS) is 11.6. The number of aliphatic carboxylic acids is 1. The van der Waals surface area contributed by atoms with Crippen LogP contribution in [0.2, 0.25) is 0 Å². The summed E-state index contributed by atoms with van der Waals surface area (Å²) in [7, 11) is 0. The van der Waals surface area contributed by atoms with Crippen LogP contribution in [0.25, 0.3) is 0 Å². The van der Waals surface area contributed by atoms with Gasteiger partial charge in [0.2, 0.25) is 0 Å². The van der Waals surface area contributed by atoms with Crippen molar-refractivity contribution in [3.63, 3.8) is 0 Å². The van der Waals surface area contributed by atoms with Crippen LogP contribution in [-0.2, 0) is 11.2 Å². The van der Waals surface area contributed by atoms with Crippen LogP contribution in [0.4, 0.5) is 0 Å². The van der Waals surface area contributed by atoms with Gasteiger partial charge in [-0.05, 0) is 31.4 Å². The molecule has 0 aromatic heterocycles. The summed E-state index contributed by atoms with van der Waals surface area (Å²) in [5.74, 6) is -1.31. The van der Waals surface area contributed by atoms with Crippen molar-refractivity contribution >= 4 is 11.8 Å². The van der Waals surface area contributed by atoms with Crippen LogP contribution >= 0.6 is 0 Å². The molecule has 0 bridgehead atoms.